The summed E-state index contributed by atoms with van der Waals surface area (Å²) in [6.45, 7) is 2.73. The molecule has 1 aliphatic heterocycles. The summed E-state index contributed by atoms with van der Waals surface area (Å²) in [6.07, 6.45) is 2.89. The largest absolute Gasteiger partial charge is 0.342 e. The number of benzene rings is 2. The molecule has 1 aliphatic carbocycles. The first-order valence-electron chi connectivity index (χ1n) is 10.4. The number of likely N-dealkylation sites (tertiary alicyclic amines) is 1. The second-order valence-corrected chi connectivity index (χ2v) is 8.41. The topological polar surface area (TPSA) is 66.1 Å². The van der Waals surface area contributed by atoms with Crippen LogP contribution in [-0.2, 0) is 16.0 Å². The summed E-state index contributed by atoms with van der Waals surface area (Å²) in [4.78, 5) is 35.9. The summed E-state index contributed by atoms with van der Waals surface area (Å²) < 4.78 is 0. The zero-order chi connectivity index (χ0) is 20.0. The maximum atomic E-state index is 13.2. The third kappa shape index (κ3) is 3.46. The maximum Gasteiger partial charge on any atom is 0.227 e. The molecule has 1 N–H and O–H groups in total. The third-order valence-electron chi connectivity index (χ3n) is 6.27. The van der Waals surface area contributed by atoms with Gasteiger partial charge in [-0.05, 0) is 43.9 Å². The summed E-state index contributed by atoms with van der Waals surface area (Å²) in [5.41, 5.74) is 4.15. The van der Waals surface area contributed by atoms with E-state index in [9.17, 15) is 9.59 Å². The number of hydrogen-bond donors (Lipinski definition) is 1. The van der Waals surface area contributed by atoms with Gasteiger partial charge in [0.05, 0.1) is 17.1 Å². The lowest BCUT2D eigenvalue weighted by Crippen LogP contribution is -2.42. The Morgan fingerprint density at radius 3 is 2.72 bits per heavy atom. The van der Waals surface area contributed by atoms with Crippen LogP contribution >= 0.6 is 0 Å². The Morgan fingerprint density at radius 1 is 1.14 bits per heavy atom. The van der Waals surface area contributed by atoms with Gasteiger partial charge < -0.3 is 9.88 Å². The number of para-hydroxylation sites is 2. The molecular formula is C24H25N3O2. The average Bonchev–Trinajstić information content (AvgIpc) is 3.17. The van der Waals surface area contributed by atoms with Crippen molar-refractivity contribution in [2.24, 2.45) is 5.92 Å². The minimum absolute atomic E-state index is 0.0525. The first-order chi connectivity index (χ1) is 14.1. The average molecular weight is 387 g/mol. The minimum atomic E-state index is -0.277. The molecule has 0 spiro atoms. The number of ketones is 1. The normalized spacial score (nSPS) is 23.5. The Labute approximate surface area is 170 Å². The van der Waals surface area contributed by atoms with E-state index in [-0.39, 0.29) is 29.6 Å². The molecule has 29 heavy (non-hydrogen) atoms. The summed E-state index contributed by atoms with van der Waals surface area (Å²) in [7, 11) is 0. The number of aryl methyl sites for hydroxylation is 1. The Balaban J connectivity index is 1.26. The molecule has 3 unspecified atom stereocenters. The molecule has 0 bridgehead atoms. The van der Waals surface area contributed by atoms with Gasteiger partial charge in [0.15, 0.2) is 5.78 Å². The third-order valence-corrected chi connectivity index (χ3v) is 6.27. The molecule has 3 atom stereocenters. The van der Waals surface area contributed by atoms with Gasteiger partial charge in [-0.3, -0.25) is 9.59 Å². The van der Waals surface area contributed by atoms with Crippen LogP contribution in [-0.4, -0.2) is 39.1 Å². The molecule has 1 amide bonds. The Kier molecular flexibility index (Phi) is 4.46. The molecule has 1 aromatic heterocycles. The van der Waals surface area contributed by atoms with E-state index in [1.54, 1.807) is 0 Å². The first-order valence-corrected chi connectivity index (χ1v) is 10.4. The lowest BCUT2D eigenvalue weighted by atomic mass is 10.0. The molecule has 1 saturated heterocycles. The van der Waals surface area contributed by atoms with E-state index in [1.165, 1.54) is 5.56 Å². The lowest BCUT2D eigenvalue weighted by Gasteiger charge is -2.24. The first kappa shape index (κ1) is 18.1. The number of nitrogens with zero attached hydrogens (tertiary/aromatic N) is 2. The maximum absolute atomic E-state index is 13.2. The number of carbonyl (C=O) groups is 2. The number of H-pyrrole nitrogens is 1. The Hall–Kier alpha value is -2.95. The van der Waals surface area contributed by atoms with E-state index in [4.69, 9.17) is 0 Å². The number of aromatic amines is 1. The van der Waals surface area contributed by atoms with E-state index in [0.29, 0.717) is 13.0 Å². The molecule has 2 aromatic carbocycles. The number of hydrogen-bond acceptors (Lipinski definition) is 3. The molecule has 5 nitrogen and oxygen atoms in total. The fourth-order valence-electron chi connectivity index (χ4n) is 4.52. The fraction of sp³-hybridized carbons (Fsp3) is 0.375. The smallest absolute Gasteiger partial charge is 0.227 e. The highest BCUT2D eigenvalue weighted by Crippen LogP contribution is 2.48. The molecule has 5 rings (SSSR count). The predicted octanol–water partition coefficient (Wildman–Crippen LogP) is 3.78. The zero-order valence-corrected chi connectivity index (χ0v) is 16.6. The van der Waals surface area contributed by atoms with Crippen molar-refractivity contribution >= 4 is 22.7 Å². The summed E-state index contributed by atoms with van der Waals surface area (Å²) >= 11 is 0. The minimum Gasteiger partial charge on any atom is -0.342 e. The fourth-order valence-corrected chi connectivity index (χ4v) is 4.52. The van der Waals surface area contributed by atoms with Gasteiger partial charge >= 0.3 is 0 Å². The van der Waals surface area contributed by atoms with E-state index in [1.807, 2.05) is 60.4 Å². The number of imidazole rings is 1. The van der Waals surface area contributed by atoms with E-state index in [0.717, 1.165) is 41.7 Å². The lowest BCUT2D eigenvalue weighted by molar-refractivity contribution is -0.138. The molecule has 3 aromatic rings. The van der Waals surface area contributed by atoms with Crippen molar-refractivity contribution in [3.63, 3.8) is 0 Å². The highest BCUT2D eigenvalue weighted by molar-refractivity contribution is 5.92. The summed E-state index contributed by atoms with van der Waals surface area (Å²) in [5.74, 6) is 1.26. The molecule has 2 aliphatic rings. The van der Waals surface area contributed by atoms with Crippen molar-refractivity contribution in [3.05, 3.63) is 65.5 Å². The molecule has 2 fully saturated rings. The van der Waals surface area contributed by atoms with Gasteiger partial charge in [-0.2, -0.15) is 0 Å². The number of amides is 1. The van der Waals surface area contributed by atoms with Crippen LogP contribution in [0.15, 0.2) is 48.5 Å². The molecule has 5 heteroatoms. The van der Waals surface area contributed by atoms with Crippen molar-refractivity contribution in [2.75, 3.05) is 6.54 Å². The van der Waals surface area contributed by atoms with Crippen molar-refractivity contribution in [2.45, 2.75) is 44.6 Å². The van der Waals surface area contributed by atoms with Crippen molar-refractivity contribution < 1.29 is 9.59 Å². The van der Waals surface area contributed by atoms with Gasteiger partial charge in [0.25, 0.3) is 0 Å². The van der Waals surface area contributed by atoms with Gasteiger partial charge in [-0.1, -0.05) is 42.0 Å². The molecule has 148 valence electrons. The van der Waals surface area contributed by atoms with E-state index >= 15 is 0 Å². The quantitative estimate of drug-likeness (QED) is 0.725. The summed E-state index contributed by atoms with van der Waals surface area (Å²) in [5, 5.41) is 0. The number of fused-ring (bicyclic) bond motifs is 1. The Morgan fingerprint density at radius 2 is 1.93 bits per heavy atom. The second-order valence-electron chi connectivity index (χ2n) is 8.41. The van der Waals surface area contributed by atoms with Crippen molar-refractivity contribution in [3.8, 4) is 0 Å². The van der Waals surface area contributed by atoms with Crippen LogP contribution in [0, 0.1) is 12.8 Å². The highest BCUT2D eigenvalue weighted by Gasteiger charge is 2.50. The van der Waals surface area contributed by atoms with Gasteiger partial charge in [-0.25, -0.2) is 4.98 Å². The molecule has 0 radical (unpaired) electrons. The number of nitrogens with one attached hydrogen (secondary N) is 1. The summed E-state index contributed by atoms with van der Waals surface area (Å²) in [6, 6.07) is 15.7. The van der Waals surface area contributed by atoms with Gasteiger partial charge in [-0.15, -0.1) is 0 Å². The standard InChI is InChI=1S/C24H25N3O2/c1-15-8-10-16(11-9-15)13-22(28)21-7-4-12-27(21)24(29)18-14-17(18)23-25-19-5-2-3-6-20(19)26-23/h2-3,5-6,8-11,17-18,21H,4,7,12-14H2,1H3,(H,25,26). The van der Waals surface area contributed by atoms with Crippen molar-refractivity contribution in [1.82, 2.24) is 14.9 Å². The van der Waals surface area contributed by atoms with Gasteiger partial charge in [0.1, 0.15) is 5.82 Å². The Bertz CT molecular complexity index is 1040. The second kappa shape index (κ2) is 7.14. The van der Waals surface area contributed by atoms with Crippen LogP contribution in [0.1, 0.15) is 42.1 Å². The van der Waals surface area contributed by atoms with Crippen molar-refractivity contribution in [1.29, 1.82) is 0 Å². The number of carbonyl (C=O) groups excluding carboxylic acids is 2. The number of rotatable bonds is 5. The van der Waals surface area contributed by atoms with Crippen LogP contribution in [0.5, 0.6) is 0 Å². The van der Waals surface area contributed by atoms with Crippen LogP contribution in [0.3, 0.4) is 0 Å². The van der Waals surface area contributed by atoms with E-state index in [2.05, 4.69) is 9.97 Å². The van der Waals surface area contributed by atoms with Gasteiger partial charge in [0.2, 0.25) is 5.91 Å². The monoisotopic (exact) mass is 387 g/mol. The van der Waals surface area contributed by atoms with Gasteiger partial charge in [0, 0.05) is 24.8 Å². The SMILES string of the molecule is Cc1ccc(CC(=O)C2CCCN2C(=O)C2CC2c2nc3ccccc3[nH]2)cc1. The van der Waals surface area contributed by atoms with Crippen LogP contribution in [0.4, 0.5) is 0 Å². The number of Topliss-reactive ketones (excluding diaryl/α,β-unsaturated/α-hetero) is 1. The van der Waals surface area contributed by atoms with Crippen LogP contribution in [0.25, 0.3) is 11.0 Å². The zero-order valence-electron chi connectivity index (χ0n) is 16.6. The number of aromatic nitrogens is 2. The molecular weight excluding hydrogens is 362 g/mol. The van der Waals surface area contributed by atoms with E-state index < -0.39 is 0 Å². The van der Waals surface area contributed by atoms with Crippen LogP contribution in [0.2, 0.25) is 0 Å². The molecule has 2 heterocycles. The highest BCUT2D eigenvalue weighted by atomic mass is 16.2. The molecule has 1 saturated carbocycles. The van der Waals surface area contributed by atoms with Crippen LogP contribution < -0.4 is 0 Å². The predicted molar refractivity (Wildman–Crippen MR) is 112 cm³/mol.